The Morgan fingerprint density at radius 1 is 1.00 bits per heavy atom. The first kappa shape index (κ1) is 14.5. The summed E-state index contributed by atoms with van der Waals surface area (Å²) in [6, 6.07) is 7.24. The zero-order valence-electron chi connectivity index (χ0n) is 13.1. The lowest BCUT2D eigenvalue weighted by Gasteiger charge is -2.40. The molecule has 2 heterocycles. The molecule has 118 valence electrons. The maximum atomic E-state index is 4.47. The molecule has 22 heavy (non-hydrogen) atoms. The van der Waals surface area contributed by atoms with Crippen LogP contribution < -0.4 is 0 Å². The van der Waals surface area contributed by atoms with Gasteiger partial charge >= 0.3 is 0 Å². The van der Waals surface area contributed by atoms with Crippen LogP contribution in [0.3, 0.4) is 0 Å². The fourth-order valence-electron chi connectivity index (χ4n) is 3.96. The average Bonchev–Trinajstić information content (AvgIpc) is 3.06. The van der Waals surface area contributed by atoms with Gasteiger partial charge in [-0.3, -0.25) is 9.80 Å². The van der Waals surface area contributed by atoms with Crippen molar-refractivity contribution in [2.24, 2.45) is 0 Å². The van der Waals surface area contributed by atoms with E-state index in [1.807, 2.05) is 0 Å². The van der Waals surface area contributed by atoms with Gasteiger partial charge in [-0.15, -0.1) is 0 Å². The van der Waals surface area contributed by atoms with E-state index in [0.717, 1.165) is 23.6 Å². The summed E-state index contributed by atoms with van der Waals surface area (Å²) in [7, 11) is 0. The van der Waals surface area contributed by atoms with E-state index in [1.54, 1.807) is 0 Å². The Kier molecular flexibility index (Phi) is 4.37. The molecule has 1 aliphatic carbocycles. The van der Waals surface area contributed by atoms with E-state index in [4.69, 9.17) is 0 Å². The fraction of sp³-hybridized carbons (Fsp3) is 0.647. The van der Waals surface area contributed by atoms with E-state index in [-0.39, 0.29) is 0 Å². The van der Waals surface area contributed by atoms with E-state index in [1.165, 1.54) is 75.6 Å². The van der Waals surface area contributed by atoms with Gasteiger partial charge in [0.25, 0.3) is 0 Å². The van der Waals surface area contributed by atoms with Crippen molar-refractivity contribution in [3.63, 3.8) is 0 Å². The molecular formula is C17H24N4S. The van der Waals surface area contributed by atoms with Crippen molar-refractivity contribution in [1.82, 2.24) is 18.5 Å². The number of aromatic nitrogens is 2. The van der Waals surface area contributed by atoms with Crippen LogP contribution in [-0.2, 0) is 6.54 Å². The molecule has 0 N–H and O–H groups in total. The molecule has 4 rings (SSSR count). The number of hydrogen-bond donors (Lipinski definition) is 0. The lowest BCUT2D eigenvalue weighted by Crippen LogP contribution is -2.50. The maximum absolute atomic E-state index is 4.47. The number of hydrogen-bond acceptors (Lipinski definition) is 5. The first-order valence-corrected chi connectivity index (χ1v) is 9.30. The van der Waals surface area contributed by atoms with E-state index < -0.39 is 0 Å². The van der Waals surface area contributed by atoms with Crippen LogP contribution in [-0.4, -0.2) is 50.8 Å². The number of fused-ring (bicyclic) bond motifs is 1. The average molecular weight is 316 g/mol. The van der Waals surface area contributed by atoms with Crippen molar-refractivity contribution in [2.45, 2.75) is 44.7 Å². The van der Waals surface area contributed by atoms with E-state index in [9.17, 15) is 0 Å². The summed E-state index contributed by atoms with van der Waals surface area (Å²) in [5.41, 5.74) is 3.47. The predicted octanol–water partition coefficient (Wildman–Crippen LogP) is 3.14. The summed E-state index contributed by atoms with van der Waals surface area (Å²) in [6.07, 6.45) is 7.16. The highest BCUT2D eigenvalue weighted by Gasteiger charge is 2.25. The Morgan fingerprint density at radius 3 is 2.64 bits per heavy atom. The lowest BCUT2D eigenvalue weighted by molar-refractivity contribution is 0.0757. The van der Waals surface area contributed by atoms with Gasteiger partial charge in [-0.05, 0) is 24.5 Å². The van der Waals surface area contributed by atoms with Crippen LogP contribution in [0.5, 0.6) is 0 Å². The molecule has 1 aromatic carbocycles. The molecule has 2 aromatic rings. The molecule has 4 nitrogen and oxygen atoms in total. The summed E-state index contributed by atoms with van der Waals surface area (Å²) in [5, 5.41) is 0. The Balaban J connectivity index is 1.36. The summed E-state index contributed by atoms with van der Waals surface area (Å²) < 4.78 is 8.82. The van der Waals surface area contributed by atoms with Crippen LogP contribution >= 0.6 is 11.7 Å². The van der Waals surface area contributed by atoms with Crippen molar-refractivity contribution in [2.75, 3.05) is 26.2 Å². The van der Waals surface area contributed by atoms with E-state index >= 15 is 0 Å². The summed E-state index contributed by atoms with van der Waals surface area (Å²) in [6.45, 7) is 5.85. The predicted molar refractivity (Wildman–Crippen MR) is 91.1 cm³/mol. The molecule has 0 bridgehead atoms. The van der Waals surface area contributed by atoms with Crippen molar-refractivity contribution >= 4 is 22.8 Å². The quantitative estimate of drug-likeness (QED) is 0.871. The van der Waals surface area contributed by atoms with Crippen molar-refractivity contribution < 1.29 is 0 Å². The lowest BCUT2D eigenvalue weighted by atomic mass is 9.94. The summed E-state index contributed by atoms with van der Waals surface area (Å²) >= 11 is 1.32. The number of piperazine rings is 1. The van der Waals surface area contributed by atoms with Crippen molar-refractivity contribution in [1.29, 1.82) is 0 Å². The van der Waals surface area contributed by atoms with Crippen molar-refractivity contribution in [3.05, 3.63) is 23.8 Å². The van der Waals surface area contributed by atoms with Crippen LogP contribution in [0.15, 0.2) is 18.2 Å². The van der Waals surface area contributed by atoms with Gasteiger partial charge < -0.3 is 0 Å². The molecule has 0 atom stereocenters. The van der Waals surface area contributed by atoms with Crippen molar-refractivity contribution in [3.8, 4) is 0 Å². The van der Waals surface area contributed by atoms with Gasteiger partial charge in [-0.2, -0.15) is 8.75 Å². The highest BCUT2D eigenvalue weighted by atomic mass is 32.1. The summed E-state index contributed by atoms with van der Waals surface area (Å²) in [4.78, 5) is 5.31. The number of nitrogens with zero attached hydrogens (tertiary/aromatic N) is 4. The molecule has 0 spiro atoms. The van der Waals surface area contributed by atoms with Crippen LogP contribution in [0.2, 0.25) is 0 Å². The standard InChI is InChI=1S/C17H24N4S/c1-2-6-15(7-3-1)21-11-9-20(10-12-21)13-14-5-4-8-16-17(14)19-22-18-16/h4-5,8,15H,1-3,6-7,9-13H2. The molecule has 0 radical (unpaired) electrons. The Hall–Kier alpha value is -1.04. The van der Waals surface area contributed by atoms with Crippen LogP contribution in [0.4, 0.5) is 0 Å². The van der Waals surface area contributed by atoms with Gasteiger partial charge in [-0.25, -0.2) is 0 Å². The maximum Gasteiger partial charge on any atom is 0.109 e. The summed E-state index contributed by atoms with van der Waals surface area (Å²) in [5.74, 6) is 0. The second-order valence-electron chi connectivity index (χ2n) is 6.65. The van der Waals surface area contributed by atoms with Gasteiger partial charge in [0.1, 0.15) is 11.0 Å². The largest absolute Gasteiger partial charge is 0.298 e. The Labute approximate surface area is 136 Å². The number of rotatable bonds is 3. The van der Waals surface area contributed by atoms with Crippen LogP contribution in [0.1, 0.15) is 37.7 Å². The smallest absolute Gasteiger partial charge is 0.109 e. The van der Waals surface area contributed by atoms with Crippen LogP contribution in [0, 0.1) is 0 Å². The molecule has 2 aliphatic rings. The third-order valence-corrected chi connectivity index (χ3v) is 5.80. The molecule has 2 fully saturated rings. The van der Waals surface area contributed by atoms with E-state index in [0.29, 0.717) is 0 Å². The molecule has 1 aromatic heterocycles. The van der Waals surface area contributed by atoms with Gasteiger partial charge in [0.05, 0.1) is 11.7 Å². The monoisotopic (exact) mass is 316 g/mol. The van der Waals surface area contributed by atoms with Gasteiger partial charge in [0.2, 0.25) is 0 Å². The fourth-order valence-corrected chi connectivity index (χ4v) is 4.53. The minimum absolute atomic E-state index is 0.863. The molecule has 1 saturated heterocycles. The first-order valence-electron chi connectivity index (χ1n) is 8.57. The zero-order chi connectivity index (χ0) is 14.8. The normalized spacial score (nSPS) is 22.4. The molecule has 1 aliphatic heterocycles. The molecule has 5 heteroatoms. The SMILES string of the molecule is c1cc(CN2CCN(C3CCCCC3)CC2)c2nsnc2c1. The van der Waals surface area contributed by atoms with Crippen LogP contribution in [0.25, 0.3) is 11.0 Å². The van der Waals surface area contributed by atoms with Gasteiger partial charge in [0, 0.05) is 38.8 Å². The highest BCUT2D eigenvalue weighted by Crippen LogP contribution is 2.24. The minimum Gasteiger partial charge on any atom is -0.298 e. The number of benzene rings is 1. The minimum atomic E-state index is 0.863. The third-order valence-electron chi connectivity index (χ3n) is 5.26. The third kappa shape index (κ3) is 3.03. The zero-order valence-corrected chi connectivity index (χ0v) is 13.9. The second kappa shape index (κ2) is 6.60. The molecule has 0 unspecified atom stereocenters. The molecule has 0 amide bonds. The Morgan fingerprint density at radius 2 is 1.82 bits per heavy atom. The van der Waals surface area contributed by atoms with E-state index in [2.05, 4.69) is 36.7 Å². The second-order valence-corrected chi connectivity index (χ2v) is 7.18. The molecule has 1 saturated carbocycles. The first-order chi connectivity index (χ1) is 10.9. The highest BCUT2D eigenvalue weighted by molar-refractivity contribution is 7.00. The topological polar surface area (TPSA) is 32.3 Å². The van der Waals surface area contributed by atoms with Gasteiger partial charge in [-0.1, -0.05) is 31.4 Å². The van der Waals surface area contributed by atoms with Gasteiger partial charge in [0.15, 0.2) is 0 Å². The molecular weight excluding hydrogens is 292 g/mol. The Bertz CT molecular complexity index is 612.